The molecule has 1 fully saturated rings. The van der Waals surface area contributed by atoms with Crippen molar-refractivity contribution in [3.8, 4) is 21.1 Å². The lowest BCUT2D eigenvalue weighted by Gasteiger charge is -2.43. The lowest BCUT2D eigenvalue weighted by Crippen LogP contribution is -2.66. The average Bonchev–Trinajstić information content (AvgIpc) is 3.30. The Morgan fingerprint density at radius 1 is 1.21 bits per heavy atom. The molecule has 1 aliphatic rings. The molecule has 1 aromatic carbocycles. The zero-order chi connectivity index (χ0) is 19.7. The number of aliphatic hydroxyl groups excluding tert-OH is 1. The van der Waals surface area contributed by atoms with Crippen LogP contribution in [0.1, 0.15) is 17.7 Å². The van der Waals surface area contributed by atoms with Gasteiger partial charge in [0.25, 0.3) is 0 Å². The third kappa shape index (κ3) is 3.58. The van der Waals surface area contributed by atoms with Crippen molar-refractivity contribution in [2.24, 2.45) is 5.73 Å². The Morgan fingerprint density at radius 2 is 1.96 bits per heavy atom. The van der Waals surface area contributed by atoms with Gasteiger partial charge in [-0.2, -0.15) is 0 Å². The van der Waals surface area contributed by atoms with Gasteiger partial charge in [0.2, 0.25) is 11.8 Å². The van der Waals surface area contributed by atoms with E-state index in [1.807, 2.05) is 47.8 Å². The van der Waals surface area contributed by atoms with Crippen LogP contribution in [0.25, 0.3) is 21.1 Å². The van der Waals surface area contributed by atoms with Crippen molar-refractivity contribution in [1.29, 1.82) is 0 Å². The first-order valence-corrected chi connectivity index (χ1v) is 10.5. The molecule has 0 bridgehead atoms. The van der Waals surface area contributed by atoms with Gasteiger partial charge in [-0.15, -0.1) is 22.7 Å². The van der Waals surface area contributed by atoms with Crippen LogP contribution in [0.4, 0.5) is 0 Å². The first-order valence-electron chi connectivity index (χ1n) is 8.85. The van der Waals surface area contributed by atoms with E-state index < -0.39 is 17.6 Å². The molecule has 4 N–H and O–H groups in total. The lowest BCUT2D eigenvalue weighted by molar-refractivity contribution is -0.140. The molecular formula is C20H19N3O3S2. The van der Waals surface area contributed by atoms with Crippen LogP contribution in [-0.2, 0) is 16.0 Å². The minimum absolute atomic E-state index is 0.0956. The molecule has 0 unspecified atom stereocenters. The molecule has 28 heavy (non-hydrogen) atoms. The fourth-order valence-corrected chi connectivity index (χ4v) is 5.24. The second kappa shape index (κ2) is 7.46. The maximum absolute atomic E-state index is 12.7. The van der Waals surface area contributed by atoms with Gasteiger partial charge >= 0.3 is 0 Å². The summed E-state index contributed by atoms with van der Waals surface area (Å²) in [4.78, 5) is 31.1. The fourth-order valence-electron chi connectivity index (χ4n) is 3.37. The Balaban J connectivity index is 1.61. The van der Waals surface area contributed by atoms with Crippen molar-refractivity contribution in [1.82, 2.24) is 10.3 Å². The predicted octanol–water partition coefficient (Wildman–Crippen LogP) is 2.58. The number of nitrogens with one attached hydrogen (secondary N) is 1. The summed E-state index contributed by atoms with van der Waals surface area (Å²) in [6.45, 7) is 0. The molecule has 1 aliphatic carbocycles. The van der Waals surface area contributed by atoms with Crippen molar-refractivity contribution in [2.75, 3.05) is 0 Å². The molecular weight excluding hydrogens is 394 g/mol. The van der Waals surface area contributed by atoms with Crippen LogP contribution < -0.4 is 11.1 Å². The summed E-state index contributed by atoms with van der Waals surface area (Å²) in [6.07, 6.45) is -0.203. The van der Waals surface area contributed by atoms with Gasteiger partial charge in [-0.3, -0.25) is 9.59 Å². The quantitative estimate of drug-likeness (QED) is 0.577. The third-order valence-electron chi connectivity index (χ3n) is 4.82. The number of rotatable bonds is 6. The van der Waals surface area contributed by atoms with E-state index in [0.717, 1.165) is 26.0 Å². The van der Waals surface area contributed by atoms with Crippen molar-refractivity contribution in [3.05, 3.63) is 52.7 Å². The van der Waals surface area contributed by atoms with Crippen LogP contribution in [0, 0.1) is 0 Å². The van der Waals surface area contributed by atoms with E-state index in [1.54, 1.807) is 11.3 Å². The van der Waals surface area contributed by atoms with Crippen molar-refractivity contribution in [3.63, 3.8) is 0 Å². The van der Waals surface area contributed by atoms with Crippen molar-refractivity contribution < 1.29 is 14.7 Å². The molecule has 3 aromatic rings. The summed E-state index contributed by atoms with van der Waals surface area (Å²) >= 11 is 3.07. The van der Waals surface area contributed by atoms with E-state index >= 15 is 0 Å². The summed E-state index contributed by atoms with van der Waals surface area (Å²) in [7, 11) is 0. The monoisotopic (exact) mass is 413 g/mol. The average molecular weight is 414 g/mol. The molecule has 0 atom stereocenters. The van der Waals surface area contributed by atoms with Crippen LogP contribution in [0.3, 0.4) is 0 Å². The second-order valence-corrected chi connectivity index (χ2v) is 8.90. The summed E-state index contributed by atoms with van der Waals surface area (Å²) < 4.78 is 0. The zero-order valence-electron chi connectivity index (χ0n) is 14.9. The topological polar surface area (TPSA) is 105 Å². The number of carbonyl (C=O) groups is 2. The molecule has 0 radical (unpaired) electrons. The van der Waals surface area contributed by atoms with E-state index in [2.05, 4.69) is 5.32 Å². The SMILES string of the molecule is NC(=O)C1(NC(=O)Cc2sc(-c3cccs3)nc2-c2ccccc2)CC(O)C1. The number of nitrogens with zero attached hydrogens (tertiary/aromatic N) is 1. The van der Waals surface area contributed by atoms with Crippen molar-refractivity contribution >= 4 is 34.5 Å². The first-order chi connectivity index (χ1) is 13.5. The van der Waals surface area contributed by atoms with E-state index in [4.69, 9.17) is 10.7 Å². The molecule has 144 valence electrons. The third-order valence-corrected chi connectivity index (χ3v) is 6.91. The Labute approximate surface area is 170 Å². The maximum Gasteiger partial charge on any atom is 0.243 e. The lowest BCUT2D eigenvalue weighted by atomic mass is 9.73. The molecule has 2 heterocycles. The molecule has 0 saturated heterocycles. The van der Waals surface area contributed by atoms with E-state index in [9.17, 15) is 14.7 Å². The van der Waals surface area contributed by atoms with Gasteiger partial charge in [0, 0.05) is 23.3 Å². The smallest absolute Gasteiger partial charge is 0.243 e. The zero-order valence-corrected chi connectivity index (χ0v) is 16.6. The predicted molar refractivity (Wildman–Crippen MR) is 110 cm³/mol. The van der Waals surface area contributed by atoms with Crippen LogP contribution in [0.5, 0.6) is 0 Å². The van der Waals surface area contributed by atoms with E-state index in [1.165, 1.54) is 11.3 Å². The molecule has 6 nitrogen and oxygen atoms in total. The number of hydrogen-bond donors (Lipinski definition) is 3. The fraction of sp³-hybridized carbons (Fsp3) is 0.250. The van der Waals surface area contributed by atoms with E-state index in [0.29, 0.717) is 0 Å². The number of benzene rings is 1. The van der Waals surface area contributed by atoms with Gasteiger partial charge in [-0.25, -0.2) is 4.98 Å². The number of thiophene rings is 1. The van der Waals surface area contributed by atoms with Crippen LogP contribution in [0.2, 0.25) is 0 Å². The Bertz CT molecular complexity index is 993. The second-order valence-electron chi connectivity index (χ2n) is 6.87. The minimum Gasteiger partial charge on any atom is -0.393 e. The largest absolute Gasteiger partial charge is 0.393 e. The normalized spacial score (nSPS) is 21.1. The van der Waals surface area contributed by atoms with Gasteiger partial charge in [-0.05, 0) is 11.4 Å². The highest BCUT2D eigenvalue weighted by molar-refractivity contribution is 7.21. The van der Waals surface area contributed by atoms with E-state index in [-0.39, 0.29) is 25.2 Å². The summed E-state index contributed by atoms with van der Waals surface area (Å²) in [5.74, 6) is -0.915. The number of primary amides is 1. The number of amides is 2. The molecule has 8 heteroatoms. The molecule has 1 saturated carbocycles. The van der Waals surface area contributed by atoms with Gasteiger partial charge in [0.15, 0.2) is 0 Å². The Morgan fingerprint density at radius 3 is 2.57 bits per heavy atom. The summed E-state index contributed by atoms with van der Waals surface area (Å²) in [6, 6.07) is 13.7. The van der Waals surface area contributed by atoms with Gasteiger partial charge < -0.3 is 16.2 Å². The number of thiazole rings is 1. The number of carbonyl (C=O) groups excluding carboxylic acids is 2. The number of nitrogens with two attached hydrogens (primary N) is 1. The molecule has 0 aliphatic heterocycles. The van der Waals surface area contributed by atoms with Crippen LogP contribution in [-0.4, -0.2) is 33.5 Å². The highest BCUT2D eigenvalue weighted by Gasteiger charge is 2.49. The molecule has 2 aromatic heterocycles. The maximum atomic E-state index is 12.7. The van der Waals surface area contributed by atoms with Crippen LogP contribution >= 0.6 is 22.7 Å². The highest BCUT2D eigenvalue weighted by Crippen LogP contribution is 2.37. The van der Waals surface area contributed by atoms with Gasteiger partial charge in [0.05, 0.1) is 23.1 Å². The summed E-state index contributed by atoms with van der Waals surface area (Å²) in [5, 5.41) is 15.2. The Hall–Kier alpha value is -2.55. The van der Waals surface area contributed by atoms with Crippen LogP contribution in [0.15, 0.2) is 47.8 Å². The number of hydrogen-bond acceptors (Lipinski definition) is 6. The number of aromatic nitrogens is 1. The van der Waals surface area contributed by atoms with Crippen molar-refractivity contribution in [2.45, 2.75) is 30.9 Å². The standard InChI is InChI=1S/C20H19N3O3S2/c21-19(26)20(10-13(24)11-20)23-16(25)9-15-17(12-5-2-1-3-6-12)22-18(28-15)14-7-4-8-27-14/h1-8,13,24H,9-11H2,(H2,21,26)(H,23,25). The first kappa shape index (κ1) is 18.8. The molecule has 0 spiro atoms. The highest BCUT2D eigenvalue weighted by atomic mass is 32.1. The van der Waals surface area contributed by atoms with Gasteiger partial charge in [-0.1, -0.05) is 36.4 Å². The summed E-state index contributed by atoms with van der Waals surface area (Å²) in [5.41, 5.74) is 6.01. The van der Waals surface area contributed by atoms with Gasteiger partial charge in [0.1, 0.15) is 10.5 Å². The minimum atomic E-state index is -1.15. The molecule has 4 rings (SSSR count). The number of aliphatic hydroxyl groups is 1. The molecule has 2 amide bonds. The Kier molecular flexibility index (Phi) is 5.01.